The summed E-state index contributed by atoms with van der Waals surface area (Å²) in [5, 5.41) is 6.80. The number of nitrogens with zero attached hydrogens (tertiary/aromatic N) is 1. The zero-order valence-corrected chi connectivity index (χ0v) is 20.8. The van der Waals surface area contributed by atoms with E-state index >= 15 is 0 Å². The number of halogens is 12. The number of hydrogen-bond acceptors (Lipinski definition) is 4. The summed E-state index contributed by atoms with van der Waals surface area (Å²) >= 11 is 0. The molecule has 0 saturated heterocycles. The molecule has 230 valence electrons. The number of alkyl halides is 11. The van der Waals surface area contributed by atoms with Crippen LogP contribution in [0.1, 0.15) is 51.0 Å². The average Bonchev–Trinajstić information content (AvgIpc) is 3.31. The van der Waals surface area contributed by atoms with Crippen LogP contribution in [-0.4, -0.2) is 43.0 Å². The van der Waals surface area contributed by atoms with Crippen molar-refractivity contribution in [3.63, 3.8) is 0 Å². The first-order valence-corrected chi connectivity index (χ1v) is 11.4. The van der Waals surface area contributed by atoms with Gasteiger partial charge < -0.3 is 15.5 Å². The molecule has 0 spiro atoms. The zero-order valence-electron chi connectivity index (χ0n) is 20.8. The van der Waals surface area contributed by atoms with Gasteiger partial charge in [0.15, 0.2) is 0 Å². The summed E-state index contributed by atoms with van der Waals surface area (Å²) in [5.41, 5.74) is -10.6. The Balaban J connectivity index is 1.90. The number of rotatable bonds is 7. The van der Waals surface area contributed by atoms with E-state index in [4.69, 9.17) is 0 Å². The van der Waals surface area contributed by atoms with Crippen molar-refractivity contribution in [3.05, 3.63) is 69.5 Å². The van der Waals surface area contributed by atoms with Crippen molar-refractivity contribution in [2.75, 3.05) is 13.1 Å². The number of carbonyl (C=O) groups is 2. The Kier molecular flexibility index (Phi) is 8.79. The highest BCUT2D eigenvalue weighted by Crippen LogP contribution is 2.51. The lowest BCUT2D eigenvalue weighted by Crippen LogP contribution is -2.44. The highest BCUT2D eigenvalue weighted by Gasteiger charge is 2.64. The molecule has 0 unspecified atom stereocenters. The first-order valence-electron chi connectivity index (χ1n) is 11.4. The highest BCUT2D eigenvalue weighted by molar-refractivity contribution is 6.04. The molecule has 6 nitrogen and oxygen atoms in total. The van der Waals surface area contributed by atoms with Gasteiger partial charge in [-0.2, -0.15) is 39.5 Å². The van der Waals surface area contributed by atoms with Gasteiger partial charge >= 0.3 is 18.5 Å². The Morgan fingerprint density at radius 2 is 1.64 bits per heavy atom. The molecule has 18 heteroatoms. The van der Waals surface area contributed by atoms with Crippen LogP contribution in [-0.2, 0) is 21.4 Å². The van der Waals surface area contributed by atoms with E-state index in [-0.39, 0.29) is 28.8 Å². The van der Waals surface area contributed by atoms with Crippen LogP contribution in [0, 0.1) is 12.7 Å². The molecule has 42 heavy (non-hydrogen) atoms. The van der Waals surface area contributed by atoms with Crippen LogP contribution < -0.4 is 10.6 Å². The number of aryl methyl sites for hydroxylation is 1. The minimum Gasteiger partial charge on any atom is -0.374 e. The van der Waals surface area contributed by atoms with E-state index in [9.17, 15) is 62.3 Å². The van der Waals surface area contributed by atoms with Gasteiger partial charge in [0.1, 0.15) is 12.4 Å². The van der Waals surface area contributed by atoms with Gasteiger partial charge in [-0.1, -0.05) is 11.2 Å². The van der Waals surface area contributed by atoms with Crippen LogP contribution in [0.2, 0.25) is 0 Å². The molecular formula is C24H17F12N3O3. The van der Waals surface area contributed by atoms with Crippen molar-refractivity contribution in [2.24, 2.45) is 5.16 Å². The number of nitrogens with one attached hydrogen (secondary N) is 2. The van der Waals surface area contributed by atoms with E-state index in [0.717, 1.165) is 18.2 Å². The maximum atomic E-state index is 14.9. The number of amides is 2. The molecule has 1 aliphatic heterocycles. The molecule has 3 rings (SSSR count). The van der Waals surface area contributed by atoms with Crippen LogP contribution in [0.4, 0.5) is 52.7 Å². The second kappa shape index (κ2) is 11.4. The van der Waals surface area contributed by atoms with Gasteiger partial charge in [0.05, 0.1) is 29.8 Å². The third-order valence-corrected chi connectivity index (χ3v) is 5.98. The van der Waals surface area contributed by atoms with Crippen LogP contribution in [0.15, 0.2) is 35.5 Å². The van der Waals surface area contributed by atoms with Gasteiger partial charge in [-0.05, 0) is 42.3 Å². The van der Waals surface area contributed by atoms with Crippen LogP contribution in [0.5, 0.6) is 0 Å². The van der Waals surface area contributed by atoms with Crippen molar-refractivity contribution in [1.82, 2.24) is 10.6 Å². The Morgan fingerprint density at radius 1 is 1.00 bits per heavy atom. The predicted molar refractivity (Wildman–Crippen MR) is 119 cm³/mol. The van der Waals surface area contributed by atoms with Crippen molar-refractivity contribution >= 4 is 17.5 Å². The Bertz CT molecular complexity index is 1400. The van der Waals surface area contributed by atoms with E-state index in [1.165, 1.54) is 12.2 Å². The molecule has 1 atom stereocenters. The number of benzene rings is 2. The fraction of sp³-hybridized carbons (Fsp3) is 0.375. The lowest BCUT2D eigenvalue weighted by Gasteiger charge is -2.31. The molecule has 0 aliphatic carbocycles. The topological polar surface area (TPSA) is 79.8 Å². The quantitative estimate of drug-likeness (QED) is 0.367. The molecule has 2 aromatic rings. The highest BCUT2D eigenvalue weighted by atomic mass is 19.4. The maximum absolute atomic E-state index is 14.9. The van der Waals surface area contributed by atoms with Crippen molar-refractivity contribution < 1.29 is 67.1 Å². The Labute approximate surface area is 227 Å². The van der Waals surface area contributed by atoms with E-state index in [1.807, 2.05) is 5.32 Å². The molecule has 2 aromatic carbocycles. The maximum Gasteiger partial charge on any atom is 0.435 e. The van der Waals surface area contributed by atoms with Crippen molar-refractivity contribution in [3.8, 4) is 0 Å². The minimum atomic E-state index is -5.66. The van der Waals surface area contributed by atoms with Crippen LogP contribution >= 0.6 is 0 Å². The molecule has 2 amide bonds. The number of carbonyl (C=O) groups excluding carboxylic acids is 2. The molecule has 0 radical (unpaired) electrons. The van der Waals surface area contributed by atoms with Gasteiger partial charge in [0.25, 0.3) is 17.9 Å². The first-order chi connectivity index (χ1) is 19.2. The standard InChI is InChI=1S/C24H17F12N3O3/c1-10-4-11(2-3-13(10)20(41)37-8-17(40)38-9-22(28,29)30)16-7-21(42-39-16,24(34,35)36)15-6-12(23(31,32)33)5-14(18(15)25)19(26)27/h2-6,19H,7-9H2,1H3,(H,37,41)(H,38,40)/t21-/m1/s1. The van der Waals surface area contributed by atoms with E-state index in [0.29, 0.717) is 0 Å². The van der Waals surface area contributed by atoms with Crippen LogP contribution in [0.25, 0.3) is 0 Å². The minimum absolute atomic E-state index is 0.0399. The SMILES string of the molecule is Cc1cc(C2=NO[C@](c3cc(C(F)(F)F)cc(C(F)F)c3F)(C(F)(F)F)C2)ccc1C(=O)NCC(=O)NCC(F)(F)F. The second-order valence-electron chi connectivity index (χ2n) is 8.96. The van der Waals surface area contributed by atoms with E-state index < -0.39 is 90.1 Å². The van der Waals surface area contributed by atoms with Gasteiger partial charge in [0, 0.05) is 11.1 Å². The largest absolute Gasteiger partial charge is 0.435 e. The summed E-state index contributed by atoms with van der Waals surface area (Å²) in [6.45, 7) is -1.22. The third-order valence-electron chi connectivity index (χ3n) is 5.98. The molecule has 0 aromatic heterocycles. The van der Waals surface area contributed by atoms with Crippen molar-refractivity contribution in [1.29, 1.82) is 0 Å². The summed E-state index contributed by atoms with van der Waals surface area (Å²) < 4.78 is 161. The molecular weight excluding hydrogens is 606 g/mol. The summed E-state index contributed by atoms with van der Waals surface area (Å²) in [7, 11) is 0. The van der Waals surface area contributed by atoms with Gasteiger partial charge in [0.2, 0.25) is 5.91 Å². The third kappa shape index (κ3) is 6.89. The number of hydrogen-bond donors (Lipinski definition) is 2. The van der Waals surface area contributed by atoms with Gasteiger partial charge in [-0.25, -0.2) is 13.2 Å². The molecule has 2 N–H and O–H groups in total. The molecule has 1 heterocycles. The Hall–Kier alpha value is -3.99. The summed E-state index contributed by atoms with van der Waals surface area (Å²) in [5.74, 6) is -4.40. The van der Waals surface area contributed by atoms with Gasteiger partial charge in [-0.3, -0.25) is 9.59 Å². The predicted octanol–water partition coefficient (Wildman–Crippen LogP) is 6.08. The fourth-order valence-electron chi connectivity index (χ4n) is 3.92. The molecule has 0 bridgehead atoms. The van der Waals surface area contributed by atoms with Crippen LogP contribution in [0.3, 0.4) is 0 Å². The summed E-state index contributed by atoms with van der Waals surface area (Å²) in [6.07, 6.45) is -21.1. The lowest BCUT2D eigenvalue weighted by atomic mass is 9.84. The molecule has 0 fully saturated rings. The van der Waals surface area contributed by atoms with Crippen molar-refractivity contribution in [2.45, 2.75) is 43.9 Å². The summed E-state index contributed by atoms with van der Waals surface area (Å²) in [4.78, 5) is 28.3. The zero-order chi connectivity index (χ0) is 31.8. The van der Waals surface area contributed by atoms with E-state index in [1.54, 1.807) is 0 Å². The monoisotopic (exact) mass is 623 g/mol. The van der Waals surface area contributed by atoms with Gasteiger partial charge in [-0.15, -0.1) is 0 Å². The smallest absolute Gasteiger partial charge is 0.374 e. The normalized spacial score (nSPS) is 17.6. The second-order valence-corrected chi connectivity index (χ2v) is 8.96. The fourth-order valence-corrected chi connectivity index (χ4v) is 3.92. The molecule has 1 aliphatic rings. The van der Waals surface area contributed by atoms with E-state index in [2.05, 4.69) is 9.99 Å². The average molecular weight is 623 g/mol. The molecule has 0 saturated carbocycles. The Morgan fingerprint density at radius 3 is 2.17 bits per heavy atom. The lowest BCUT2D eigenvalue weighted by molar-refractivity contribution is -0.277. The summed E-state index contributed by atoms with van der Waals surface area (Å²) in [6, 6.07) is 2.55. The first kappa shape index (κ1) is 32.5. The number of oxime groups is 1.